The number of benzene rings is 2. The number of hydrogen-bond donors (Lipinski definition) is 1. The second kappa shape index (κ2) is 8.68. The molecule has 0 spiro atoms. The highest BCUT2D eigenvalue weighted by Crippen LogP contribution is 2.35. The number of Topliss-reactive ketones (excluding diaryl/α,β-unsaturated/α-hetero) is 1. The number of hydrogen-bond acceptors (Lipinski definition) is 4. The first-order chi connectivity index (χ1) is 13.5. The molecule has 0 atom stereocenters. The molecule has 1 N–H and O–H groups in total. The van der Waals surface area contributed by atoms with Crippen molar-refractivity contribution in [3.63, 3.8) is 0 Å². The minimum absolute atomic E-state index is 0.0235. The lowest BCUT2D eigenvalue weighted by Crippen LogP contribution is -2.24. The van der Waals surface area contributed by atoms with Crippen LogP contribution in [0.25, 0.3) is 0 Å². The number of carbonyl (C=O) groups is 2. The van der Waals surface area contributed by atoms with Gasteiger partial charge in [-0.2, -0.15) is 0 Å². The Morgan fingerprint density at radius 1 is 0.828 bits per heavy atom. The van der Waals surface area contributed by atoms with Gasteiger partial charge in [0.25, 0.3) is 0 Å². The number of carboxylic acid groups (broad SMARTS) is 1. The van der Waals surface area contributed by atoms with Crippen molar-refractivity contribution in [3.05, 3.63) is 59.2 Å². The lowest BCUT2D eigenvalue weighted by atomic mass is 9.77. The molecule has 0 unspecified atom stereocenters. The van der Waals surface area contributed by atoms with Gasteiger partial charge >= 0.3 is 5.97 Å². The number of ketones is 1. The number of carboxylic acids is 1. The van der Waals surface area contributed by atoms with Crippen molar-refractivity contribution in [3.8, 4) is 11.5 Å². The van der Waals surface area contributed by atoms with Crippen LogP contribution in [0.1, 0.15) is 62.0 Å². The molecule has 0 heterocycles. The maximum absolute atomic E-state index is 13.2. The summed E-state index contributed by atoms with van der Waals surface area (Å²) in [7, 11) is 3.15. The van der Waals surface area contributed by atoms with E-state index in [0.29, 0.717) is 17.7 Å². The van der Waals surface area contributed by atoms with Gasteiger partial charge in [0.15, 0.2) is 5.78 Å². The molecule has 2 aromatic rings. The second-order valence-electron chi connectivity index (χ2n) is 8.58. The highest BCUT2D eigenvalue weighted by molar-refractivity contribution is 5.99. The van der Waals surface area contributed by atoms with Gasteiger partial charge in [-0.3, -0.25) is 9.59 Å². The molecule has 2 aromatic carbocycles. The smallest absolute Gasteiger partial charge is 0.304 e. The van der Waals surface area contributed by atoms with Gasteiger partial charge in [0.2, 0.25) is 0 Å². The van der Waals surface area contributed by atoms with Gasteiger partial charge in [-0.05, 0) is 40.8 Å². The molecular formula is C24H30O5. The molecule has 0 radical (unpaired) electrons. The van der Waals surface area contributed by atoms with Crippen LogP contribution in [0.15, 0.2) is 42.5 Å². The van der Waals surface area contributed by atoms with Crippen LogP contribution < -0.4 is 9.47 Å². The van der Waals surface area contributed by atoms with Crippen molar-refractivity contribution in [1.82, 2.24) is 0 Å². The van der Waals surface area contributed by atoms with Crippen LogP contribution in [0, 0.1) is 0 Å². The zero-order valence-corrected chi connectivity index (χ0v) is 18.0. The highest BCUT2D eigenvalue weighted by Gasteiger charge is 2.29. The van der Waals surface area contributed by atoms with Crippen molar-refractivity contribution in [2.75, 3.05) is 14.2 Å². The summed E-state index contributed by atoms with van der Waals surface area (Å²) in [6.45, 7) is 7.77. The summed E-state index contributed by atoms with van der Waals surface area (Å²) in [6, 6.07) is 13.0. The molecule has 0 aliphatic heterocycles. The predicted molar refractivity (Wildman–Crippen MR) is 113 cm³/mol. The Balaban J connectivity index is 2.35. The van der Waals surface area contributed by atoms with Gasteiger partial charge in [-0.15, -0.1) is 0 Å². The second-order valence-corrected chi connectivity index (χ2v) is 8.58. The molecule has 0 saturated carbocycles. The topological polar surface area (TPSA) is 72.8 Å². The van der Waals surface area contributed by atoms with Crippen molar-refractivity contribution < 1.29 is 24.2 Å². The van der Waals surface area contributed by atoms with E-state index in [2.05, 4.69) is 0 Å². The number of aliphatic carboxylic acids is 1. The maximum Gasteiger partial charge on any atom is 0.304 e. The van der Waals surface area contributed by atoms with Crippen LogP contribution in [0.2, 0.25) is 0 Å². The standard InChI is InChI=1S/C24H30O5/c1-23(2,16-7-10-18(28-5)11-8-16)14-20(25)19-13-17(9-12-21(19)29-6)24(3,4)15-22(26)27/h7-13H,14-15H2,1-6H3,(H,26,27). The normalized spacial score (nSPS) is 11.8. The molecular weight excluding hydrogens is 368 g/mol. The average Bonchev–Trinajstić information content (AvgIpc) is 2.66. The van der Waals surface area contributed by atoms with Crippen LogP contribution in [0.5, 0.6) is 11.5 Å². The Morgan fingerprint density at radius 2 is 1.38 bits per heavy atom. The summed E-state index contributed by atoms with van der Waals surface area (Å²) in [5, 5.41) is 9.21. The van der Waals surface area contributed by atoms with Crippen LogP contribution in [0.4, 0.5) is 0 Å². The molecule has 29 heavy (non-hydrogen) atoms. The monoisotopic (exact) mass is 398 g/mol. The Labute approximate surface area is 172 Å². The predicted octanol–water partition coefficient (Wildman–Crippen LogP) is 5.01. The van der Waals surface area contributed by atoms with Crippen molar-refractivity contribution in [2.24, 2.45) is 0 Å². The highest BCUT2D eigenvalue weighted by atomic mass is 16.5. The summed E-state index contributed by atoms with van der Waals surface area (Å²) in [6.07, 6.45) is 0.267. The van der Waals surface area contributed by atoms with E-state index in [0.717, 1.165) is 16.9 Å². The first-order valence-electron chi connectivity index (χ1n) is 9.58. The Morgan fingerprint density at radius 3 is 1.90 bits per heavy atom. The Bertz CT molecular complexity index is 879. The zero-order valence-electron chi connectivity index (χ0n) is 18.0. The molecule has 5 nitrogen and oxygen atoms in total. The summed E-state index contributed by atoms with van der Waals surface area (Å²) < 4.78 is 10.6. The van der Waals surface area contributed by atoms with Gasteiger partial charge in [0.1, 0.15) is 11.5 Å². The lowest BCUT2D eigenvalue weighted by Gasteiger charge is -2.27. The molecule has 0 amide bonds. The Hall–Kier alpha value is -2.82. The summed E-state index contributed by atoms with van der Waals surface area (Å²) in [4.78, 5) is 24.4. The molecule has 2 rings (SSSR count). The third kappa shape index (κ3) is 5.37. The van der Waals surface area contributed by atoms with Crippen LogP contribution in [-0.4, -0.2) is 31.1 Å². The number of ether oxygens (including phenoxy) is 2. The summed E-state index contributed by atoms with van der Waals surface area (Å²) in [5.74, 6) is 0.344. The molecule has 0 saturated heterocycles. The van der Waals surface area contributed by atoms with E-state index in [1.54, 1.807) is 19.2 Å². The third-order valence-electron chi connectivity index (χ3n) is 5.35. The van der Waals surface area contributed by atoms with Gasteiger partial charge in [-0.1, -0.05) is 45.9 Å². The summed E-state index contributed by atoms with van der Waals surface area (Å²) >= 11 is 0. The molecule has 5 heteroatoms. The number of carbonyl (C=O) groups excluding carboxylic acids is 1. The van der Waals surface area contributed by atoms with E-state index in [-0.39, 0.29) is 17.6 Å². The molecule has 0 fully saturated rings. The van der Waals surface area contributed by atoms with Gasteiger partial charge < -0.3 is 14.6 Å². The van der Waals surface area contributed by atoms with Crippen LogP contribution in [-0.2, 0) is 15.6 Å². The fourth-order valence-corrected chi connectivity index (χ4v) is 3.47. The molecule has 0 aliphatic rings. The molecule has 0 bridgehead atoms. The van der Waals surface area contributed by atoms with Gasteiger partial charge in [-0.25, -0.2) is 0 Å². The fraction of sp³-hybridized carbons (Fsp3) is 0.417. The van der Waals surface area contributed by atoms with Gasteiger partial charge in [0, 0.05) is 11.8 Å². The van der Waals surface area contributed by atoms with Crippen molar-refractivity contribution >= 4 is 11.8 Å². The number of rotatable bonds is 9. The molecule has 0 aliphatic carbocycles. The van der Waals surface area contributed by atoms with E-state index in [4.69, 9.17) is 9.47 Å². The van der Waals surface area contributed by atoms with E-state index >= 15 is 0 Å². The van der Waals surface area contributed by atoms with E-state index in [1.165, 1.54) is 7.11 Å². The van der Waals surface area contributed by atoms with Crippen LogP contribution >= 0.6 is 0 Å². The third-order valence-corrected chi connectivity index (χ3v) is 5.35. The number of methoxy groups -OCH3 is 2. The molecule has 156 valence electrons. The Kier molecular flexibility index (Phi) is 6.73. The zero-order chi connectivity index (χ0) is 21.8. The van der Waals surface area contributed by atoms with Gasteiger partial charge in [0.05, 0.1) is 26.2 Å². The largest absolute Gasteiger partial charge is 0.497 e. The lowest BCUT2D eigenvalue weighted by molar-refractivity contribution is -0.138. The first kappa shape index (κ1) is 22.5. The van der Waals surface area contributed by atoms with Crippen molar-refractivity contribution in [1.29, 1.82) is 0 Å². The average molecular weight is 398 g/mol. The minimum Gasteiger partial charge on any atom is -0.497 e. The van der Waals surface area contributed by atoms with E-state index in [1.807, 2.05) is 58.0 Å². The summed E-state index contributed by atoms with van der Waals surface area (Å²) in [5.41, 5.74) is 1.32. The molecule has 0 aromatic heterocycles. The van der Waals surface area contributed by atoms with Crippen molar-refractivity contribution in [2.45, 2.75) is 51.4 Å². The van der Waals surface area contributed by atoms with E-state index in [9.17, 15) is 14.7 Å². The maximum atomic E-state index is 13.2. The minimum atomic E-state index is -0.876. The fourth-order valence-electron chi connectivity index (χ4n) is 3.47. The van der Waals surface area contributed by atoms with Crippen LogP contribution in [0.3, 0.4) is 0 Å². The SMILES string of the molecule is COc1ccc(C(C)(C)CC(=O)c2cc(C(C)(C)CC(=O)O)ccc2OC)cc1. The first-order valence-corrected chi connectivity index (χ1v) is 9.58. The van der Waals surface area contributed by atoms with E-state index < -0.39 is 11.4 Å². The quantitative estimate of drug-likeness (QED) is 0.601.